The van der Waals surface area contributed by atoms with Crippen LogP contribution in [0.1, 0.15) is 12.0 Å². The first-order chi connectivity index (χ1) is 9.32. The van der Waals surface area contributed by atoms with Crippen LogP contribution in [-0.4, -0.2) is 50.2 Å². The van der Waals surface area contributed by atoms with Crippen LogP contribution in [0.15, 0.2) is 23.1 Å². The zero-order valence-corrected chi connectivity index (χ0v) is 12.5. The number of amides is 1. The van der Waals surface area contributed by atoms with Gasteiger partial charge in [-0.15, -0.1) is 0 Å². The summed E-state index contributed by atoms with van der Waals surface area (Å²) in [6.45, 7) is 2.60. The van der Waals surface area contributed by atoms with Gasteiger partial charge in [0.2, 0.25) is 15.9 Å². The van der Waals surface area contributed by atoms with Crippen molar-refractivity contribution in [1.82, 2.24) is 9.21 Å². The summed E-state index contributed by atoms with van der Waals surface area (Å²) < 4.78 is 26.4. The fourth-order valence-electron chi connectivity index (χ4n) is 2.21. The summed E-state index contributed by atoms with van der Waals surface area (Å²) in [5, 5.41) is 0. The molecule has 0 unspecified atom stereocenters. The lowest BCUT2D eigenvalue weighted by atomic mass is 10.2. The molecule has 2 rings (SSSR count). The highest BCUT2D eigenvalue weighted by Gasteiger charge is 2.30. The number of rotatable bonds is 2. The van der Waals surface area contributed by atoms with Gasteiger partial charge in [0.05, 0.1) is 12.2 Å². The molecule has 0 radical (unpaired) electrons. The normalized spacial score (nSPS) is 18.1. The van der Waals surface area contributed by atoms with Gasteiger partial charge in [0.25, 0.3) is 0 Å². The maximum absolute atomic E-state index is 12.6. The van der Waals surface area contributed by atoms with E-state index in [-0.39, 0.29) is 23.0 Å². The van der Waals surface area contributed by atoms with Crippen LogP contribution >= 0.6 is 0 Å². The lowest BCUT2D eigenvalue weighted by Gasteiger charge is -2.20. The second-order valence-corrected chi connectivity index (χ2v) is 6.96. The summed E-state index contributed by atoms with van der Waals surface area (Å²) in [6.07, 6.45) is 0.618. The maximum atomic E-state index is 12.6. The van der Waals surface area contributed by atoms with Gasteiger partial charge in [-0.25, -0.2) is 8.42 Å². The zero-order chi connectivity index (χ0) is 14.9. The summed E-state index contributed by atoms with van der Waals surface area (Å²) in [5.41, 5.74) is 6.93. The van der Waals surface area contributed by atoms with Crippen molar-refractivity contribution in [1.29, 1.82) is 0 Å². The minimum absolute atomic E-state index is 0.0699. The highest BCUT2D eigenvalue weighted by atomic mass is 32.2. The molecular weight excluding hydrogens is 278 g/mol. The number of benzene rings is 1. The standard InChI is InChI=1S/C13H19N3O3S/c1-10-4-5-12(11(14)8-10)20(18,19)16-7-3-6-15(2)13(17)9-16/h4-5,8H,3,6-7,9,14H2,1-2H3. The van der Waals surface area contributed by atoms with Crippen molar-refractivity contribution in [2.75, 3.05) is 32.4 Å². The average Bonchev–Trinajstić information content (AvgIpc) is 2.52. The molecular formula is C13H19N3O3S. The van der Waals surface area contributed by atoms with E-state index in [4.69, 9.17) is 5.73 Å². The van der Waals surface area contributed by atoms with Gasteiger partial charge in [0, 0.05) is 20.1 Å². The third kappa shape index (κ3) is 2.78. The van der Waals surface area contributed by atoms with Crippen LogP contribution < -0.4 is 5.73 Å². The van der Waals surface area contributed by atoms with Crippen molar-refractivity contribution in [2.45, 2.75) is 18.2 Å². The fraction of sp³-hybridized carbons (Fsp3) is 0.462. The molecule has 1 aromatic carbocycles. The van der Waals surface area contributed by atoms with Gasteiger partial charge in [-0.3, -0.25) is 4.79 Å². The highest BCUT2D eigenvalue weighted by Crippen LogP contribution is 2.24. The van der Waals surface area contributed by atoms with Crippen LogP contribution in [0.2, 0.25) is 0 Å². The number of likely N-dealkylation sites (N-methyl/N-ethyl adjacent to an activating group) is 1. The monoisotopic (exact) mass is 297 g/mol. The van der Waals surface area contributed by atoms with Gasteiger partial charge in [-0.05, 0) is 31.0 Å². The topological polar surface area (TPSA) is 83.7 Å². The molecule has 6 nitrogen and oxygen atoms in total. The summed E-state index contributed by atoms with van der Waals surface area (Å²) in [7, 11) is -2.05. The molecule has 1 fully saturated rings. The molecule has 0 aromatic heterocycles. The molecule has 0 spiro atoms. The number of anilines is 1. The summed E-state index contributed by atoms with van der Waals surface area (Å²) in [4.78, 5) is 13.4. The summed E-state index contributed by atoms with van der Waals surface area (Å²) >= 11 is 0. The smallest absolute Gasteiger partial charge is 0.245 e. The van der Waals surface area contributed by atoms with E-state index in [1.807, 2.05) is 6.92 Å². The molecule has 0 atom stereocenters. The van der Waals surface area contributed by atoms with Crippen LogP contribution in [0, 0.1) is 6.92 Å². The minimum Gasteiger partial charge on any atom is -0.398 e. The predicted molar refractivity (Wildman–Crippen MR) is 76.6 cm³/mol. The van der Waals surface area contributed by atoms with Crippen LogP contribution in [0.25, 0.3) is 0 Å². The van der Waals surface area contributed by atoms with E-state index in [1.165, 1.54) is 10.4 Å². The third-order valence-corrected chi connectivity index (χ3v) is 5.34. The Morgan fingerprint density at radius 2 is 1.95 bits per heavy atom. The first-order valence-electron chi connectivity index (χ1n) is 6.42. The molecule has 7 heteroatoms. The van der Waals surface area contributed by atoms with Gasteiger partial charge in [-0.2, -0.15) is 4.31 Å². The summed E-state index contributed by atoms with van der Waals surface area (Å²) in [6, 6.07) is 4.83. The highest BCUT2D eigenvalue weighted by molar-refractivity contribution is 7.89. The Hall–Kier alpha value is -1.60. The largest absolute Gasteiger partial charge is 0.398 e. The van der Waals surface area contributed by atoms with E-state index < -0.39 is 10.0 Å². The van der Waals surface area contributed by atoms with E-state index >= 15 is 0 Å². The average molecular weight is 297 g/mol. The van der Waals surface area contributed by atoms with Crippen LogP contribution in [0.4, 0.5) is 5.69 Å². The second kappa shape index (κ2) is 5.41. The number of aryl methyl sites for hydroxylation is 1. The van der Waals surface area contributed by atoms with Gasteiger partial charge in [-0.1, -0.05) is 6.07 Å². The predicted octanol–water partition coefficient (Wildman–Crippen LogP) is 0.430. The number of nitrogen functional groups attached to an aromatic ring is 1. The molecule has 0 bridgehead atoms. The van der Waals surface area contributed by atoms with Gasteiger partial charge in [0.15, 0.2) is 0 Å². The zero-order valence-electron chi connectivity index (χ0n) is 11.7. The van der Waals surface area contributed by atoms with E-state index in [0.717, 1.165) is 5.56 Å². The fourth-order valence-corrected chi connectivity index (χ4v) is 3.73. The molecule has 1 aliphatic rings. The number of hydrogen-bond donors (Lipinski definition) is 1. The van der Waals surface area contributed by atoms with E-state index in [2.05, 4.69) is 0 Å². The maximum Gasteiger partial charge on any atom is 0.245 e. The Labute approximate surface area is 119 Å². The third-order valence-electron chi connectivity index (χ3n) is 3.42. The van der Waals surface area contributed by atoms with Crippen LogP contribution in [0.3, 0.4) is 0 Å². The van der Waals surface area contributed by atoms with Crippen molar-refractivity contribution in [3.8, 4) is 0 Å². The van der Waals surface area contributed by atoms with Crippen LogP contribution in [0.5, 0.6) is 0 Å². The van der Waals surface area contributed by atoms with E-state index in [0.29, 0.717) is 19.5 Å². The molecule has 2 N–H and O–H groups in total. The Balaban J connectivity index is 2.36. The quantitative estimate of drug-likeness (QED) is 0.802. The molecule has 1 saturated heterocycles. The minimum atomic E-state index is -3.73. The summed E-state index contributed by atoms with van der Waals surface area (Å²) in [5.74, 6) is -0.197. The number of sulfonamides is 1. The van der Waals surface area contributed by atoms with Crippen molar-refractivity contribution in [3.63, 3.8) is 0 Å². The van der Waals surface area contributed by atoms with Crippen LogP contribution in [-0.2, 0) is 14.8 Å². The van der Waals surface area contributed by atoms with E-state index in [9.17, 15) is 13.2 Å². The second-order valence-electron chi connectivity index (χ2n) is 5.05. The SMILES string of the molecule is Cc1ccc(S(=O)(=O)N2CCCN(C)C(=O)C2)c(N)c1. The molecule has 1 aliphatic heterocycles. The van der Waals surface area contributed by atoms with Gasteiger partial charge in [0.1, 0.15) is 4.90 Å². The van der Waals surface area contributed by atoms with Crippen molar-refractivity contribution in [3.05, 3.63) is 23.8 Å². The van der Waals surface area contributed by atoms with E-state index in [1.54, 1.807) is 24.1 Å². The lowest BCUT2D eigenvalue weighted by molar-refractivity contribution is -0.129. The number of hydrogen-bond acceptors (Lipinski definition) is 4. The molecule has 1 amide bonds. The van der Waals surface area contributed by atoms with Crippen molar-refractivity contribution >= 4 is 21.6 Å². The first kappa shape index (κ1) is 14.8. The molecule has 0 aliphatic carbocycles. The Morgan fingerprint density at radius 3 is 2.60 bits per heavy atom. The molecule has 1 aromatic rings. The Bertz CT molecular complexity index is 628. The number of carbonyl (C=O) groups excluding carboxylic acids is 1. The first-order valence-corrected chi connectivity index (χ1v) is 7.86. The molecule has 110 valence electrons. The number of nitrogens with zero attached hydrogens (tertiary/aromatic N) is 2. The van der Waals surface area contributed by atoms with Crippen molar-refractivity contribution < 1.29 is 13.2 Å². The lowest BCUT2D eigenvalue weighted by Crippen LogP contribution is -2.38. The molecule has 1 heterocycles. The Morgan fingerprint density at radius 1 is 1.25 bits per heavy atom. The number of nitrogens with two attached hydrogens (primary N) is 1. The van der Waals surface area contributed by atoms with Gasteiger partial charge < -0.3 is 10.6 Å². The molecule has 20 heavy (non-hydrogen) atoms. The van der Waals surface area contributed by atoms with Gasteiger partial charge >= 0.3 is 0 Å². The number of carbonyl (C=O) groups is 1. The Kier molecular flexibility index (Phi) is 4.01. The van der Waals surface area contributed by atoms with Crippen molar-refractivity contribution in [2.24, 2.45) is 0 Å². The molecule has 0 saturated carbocycles.